The minimum Gasteiger partial charge on any atom is -0.394 e. The molecular weight excluding hydrogens is 552 g/mol. The minimum absolute atomic E-state index is 0.0650. The molecule has 4 atom stereocenters. The van der Waals surface area contributed by atoms with Crippen LogP contribution in [0.1, 0.15) is 36.4 Å². The van der Waals surface area contributed by atoms with E-state index in [0.717, 1.165) is 5.69 Å². The number of nitrogens with one attached hydrogen (secondary N) is 1. The largest absolute Gasteiger partial charge is 0.394 e. The molecule has 0 unspecified atom stereocenters. The maximum Gasteiger partial charge on any atom is 0.351 e. The normalized spacial score (nSPS) is 23.9. The number of rotatable bonds is 9. The third-order valence-corrected chi connectivity index (χ3v) is 7.60. The Bertz CT molecular complexity index is 1380. The lowest BCUT2D eigenvalue weighted by molar-refractivity contribution is -0.285. The zero-order valence-electron chi connectivity index (χ0n) is 22.6. The van der Waals surface area contributed by atoms with Crippen LogP contribution in [0.2, 0.25) is 5.02 Å². The highest BCUT2D eigenvalue weighted by molar-refractivity contribution is 6.30. The van der Waals surface area contributed by atoms with Gasteiger partial charge in [0.25, 0.3) is 5.91 Å². The molecule has 0 saturated carbocycles. The van der Waals surface area contributed by atoms with Gasteiger partial charge in [0.1, 0.15) is 24.1 Å². The van der Waals surface area contributed by atoms with E-state index in [1.165, 1.54) is 16.8 Å². The summed E-state index contributed by atoms with van der Waals surface area (Å²) in [6, 6.07) is 17.6. The molecular formula is C29H33ClN4O7. The second-order valence-electron chi connectivity index (χ2n) is 9.95. The number of aromatic nitrogens is 2. The number of carbonyl (C=O) groups is 1. The summed E-state index contributed by atoms with van der Waals surface area (Å²) >= 11 is 6.04. The highest BCUT2D eigenvalue weighted by Crippen LogP contribution is 2.38. The predicted molar refractivity (Wildman–Crippen MR) is 152 cm³/mol. The summed E-state index contributed by atoms with van der Waals surface area (Å²) < 4.78 is 19.7. The number of aliphatic hydroxyl groups is 2. The molecule has 41 heavy (non-hydrogen) atoms. The van der Waals surface area contributed by atoms with E-state index in [0.29, 0.717) is 43.1 Å². The number of hydrogen-bond acceptors (Lipinski definition) is 9. The van der Waals surface area contributed by atoms with Crippen molar-refractivity contribution in [2.24, 2.45) is 0 Å². The Labute approximate surface area is 242 Å². The van der Waals surface area contributed by atoms with E-state index in [4.69, 9.17) is 25.8 Å². The molecule has 0 spiro atoms. The van der Waals surface area contributed by atoms with E-state index in [2.05, 4.69) is 15.2 Å². The number of halogens is 1. The number of anilines is 2. The van der Waals surface area contributed by atoms with Gasteiger partial charge in [-0.05, 0) is 49.4 Å². The predicted octanol–water partition coefficient (Wildman–Crippen LogP) is 2.82. The van der Waals surface area contributed by atoms with E-state index in [1.54, 1.807) is 30.3 Å². The summed E-state index contributed by atoms with van der Waals surface area (Å²) in [5.74, 6) is -1.39. The number of benzene rings is 2. The molecule has 12 heteroatoms. The zero-order chi connectivity index (χ0) is 29.0. The van der Waals surface area contributed by atoms with Gasteiger partial charge >= 0.3 is 5.69 Å². The SMILES string of the molecule is CCOC1(O[C@@H]2[C@H](O)[C@@H](CO)O[C@H]2n2ccc(NC(=O)c3ccccc3)nc2=O)CCN(c2ccc(Cl)cc2)CC1. The van der Waals surface area contributed by atoms with Crippen molar-refractivity contribution in [2.75, 3.05) is 36.5 Å². The minimum atomic E-state index is -1.24. The van der Waals surface area contributed by atoms with Crippen LogP contribution in [0.4, 0.5) is 11.5 Å². The van der Waals surface area contributed by atoms with Gasteiger partial charge in [-0.2, -0.15) is 4.98 Å². The second-order valence-corrected chi connectivity index (χ2v) is 10.4. The number of carbonyl (C=O) groups excluding carboxylic acids is 1. The van der Waals surface area contributed by atoms with Gasteiger partial charge in [0.15, 0.2) is 12.0 Å². The van der Waals surface area contributed by atoms with Crippen molar-refractivity contribution in [1.29, 1.82) is 0 Å². The monoisotopic (exact) mass is 584 g/mol. The average molecular weight is 585 g/mol. The Hall–Kier alpha value is -3.32. The molecule has 2 saturated heterocycles. The third-order valence-electron chi connectivity index (χ3n) is 7.35. The quantitative estimate of drug-likeness (QED) is 0.324. The highest BCUT2D eigenvalue weighted by atomic mass is 35.5. The molecule has 0 radical (unpaired) electrons. The van der Waals surface area contributed by atoms with Crippen molar-refractivity contribution >= 4 is 29.0 Å². The van der Waals surface area contributed by atoms with Crippen LogP contribution in [-0.4, -0.2) is 76.1 Å². The van der Waals surface area contributed by atoms with Crippen molar-refractivity contribution in [3.05, 3.63) is 87.9 Å². The molecule has 2 aromatic carbocycles. The summed E-state index contributed by atoms with van der Waals surface area (Å²) in [5.41, 5.74) is 0.727. The molecule has 3 heterocycles. The number of piperidine rings is 1. The van der Waals surface area contributed by atoms with Gasteiger partial charge in [0.05, 0.1) is 6.61 Å². The first-order valence-corrected chi connectivity index (χ1v) is 13.9. The smallest absolute Gasteiger partial charge is 0.351 e. The van der Waals surface area contributed by atoms with Gasteiger partial charge in [-0.25, -0.2) is 4.79 Å². The first kappa shape index (κ1) is 29.2. The van der Waals surface area contributed by atoms with E-state index >= 15 is 0 Å². The maximum atomic E-state index is 13.1. The summed E-state index contributed by atoms with van der Waals surface area (Å²) in [4.78, 5) is 31.8. The number of nitrogens with zero attached hydrogens (tertiary/aromatic N) is 3. The van der Waals surface area contributed by atoms with Gasteiger partial charge in [0, 0.05) is 55.0 Å². The fraction of sp³-hybridized carbons (Fsp3) is 0.414. The van der Waals surface area contributed by atoms with Gasteiger partial charge in [-0.3, -0.25) is 9.36 Å². The Morgan fingerprint density at radius 3 is 2.49 bits per heavy atom. The molecule has 0 aliphatic carbocycles. The summed E-state index contributed by atoms with van der Waals surface area (Å²) in [6.45, 7) is 3.00. The van der Waals surface area contributed by atoms with E-state index in [1.807, 2.05) is 31.2 Å². The lowest BCUT2D eigenvalue weighted by Gasteiger charge is -2.44. The Morgan fingerprint density at radius 1 is 1.15 bits per heavy atom. The molecule has 3 aromatic rings. The Balaban J connectivity index is 1.34. The molecule has 218 valence electrons. The van der Waals surface area contributed by atoms with Crippen molar-refractivity contribution in [3.8, 4) is 0 Å². The molecule has 3 N–H and O–H groups in total. The number of ether oxygens (including phenoxy) is 3. The summed E-state index contributed by atoms with van der Waals surface area (Å²) in [7, 11) is 0. The zero-order valence-corrected chi connectivity index (χ0v) is 23.3. The topological polar surface area (TPSA) is 135 Å². The number of aliphatic hydroxyl groups excluding tert-OH is 2. The molecule has 2 fully saturated rings. The van der Waals surface area contributed by atoms with Crippen molar-refractivity contribution in [2.45, 2.75) is 50.1 Å². The fourth-order valence-electron chi connectivity index (χ4n) is 5.24. The van der Waals surface area contributed by atoms with Crippen molar-refractivity contribution < 1.29 is 29.2 Å². The molecule has 11 nitrogen and oxygen atoms in total. The van der Waals surface area contributed by atoms with Crippen LogP contribution in [0.15, 0.2) is 71.7 Å². The van der Waals surface area contributed by atoms with Gasteiger partial charge < -0.3 is 34.6 Å². The standard InChI is InChI=1S/C29H33ClN4O7/c1-2-39-29(13-16-33(17-14-29)21-10-8-20(30)9-11-21)41-25-24(36)22(18-35)40-27(25)34-15-12-23(32-28(34)38)31-26(37)19-6-4-3-5-7-19/h3-12,15,22,24-25,27,35-36H,2,13-14,16-18H2,1H3,(H,31,32,37,38)/t22-,24-,25-,27-/m1/s1. The van der Waals surface area contributed by atoms with Crippen LogP contribution in [0.25, 0.3) is 0 Å². The van der Waals surface area contributed by atoms with Crippen LogP contribution < -0.4 is 15.9 Å². The molecule has 2 aliphatic rings. The van der Waals surface area contributed by atoms with E-state index in [9.17, 15) is 19.8 Å². The molecule has 0 bridgehead atoms. The number of amides is 1. The summed E-state index contributed by atoms with van der Waals surface area (Å²) in [5, 5.41) is 24.2. The average Bonchev–Trinajstić information content (AvgIpc) is 3.29. The Morgan fingerprint density at radius 2 is 1.85 bits per heavy atom. The molecule has 1 amide bonds. The van der Waals surface area contributed by atoms with Crippen molar-refractivity contribution in [1.82, 2.24) is 9.55 Å². The van der Waals surface area contributed by atoms with Crippen LogP contribution in [-0.2, 0) is 14.2 Å². The van der Waals surface area contributed by atoms with Crippen LogP contribution in [0.5, 0.6) is 0 Å². The fourth-order valence-corrected chi connectivity index (χ4v) is 5.36. The van der Waals surface area contributed by atoms with Crippen LogP contribution >= 0.6 is 11.6 Å². The van der Waals surface area contributed by atoms with E-state index in [-0.39, 0.29) is 5.82 Å². The number of hydrogen-bond donors (Lipinski definition) is 3. The van der Waals surface area contributed by atoms with Crippen LogP contribution in [0.3, 0.4) is 0 Å². The molecule has 2 aliphatic heterocycles. The molecule has 5 rings (SSSR count). The summed E-state index contributed by atoms with van der Waals surface area (Å²) in [6.07, 6.45) is -1.96. The first-order chi connectivity index (χ1) is 19.8. The van der Waals surface area contributed by atoms with Crippen molar-refractivity contribution in [3.63, 3.8) is 0 Å². The van der Waals surface area contributed by atoms with Crippen LogP contribution in [0, 0.1) is 0 Å². The van der Waals surface area contributed by atoms with Gasteiger partial charge in [0.2, 0.25) is 0 Å². The Kier molecular flexibility index (Phi) is 9.03. The van der Waals surface area contributed by atoms with Gasteiger partial charge in [-0.1, -0.05) is 29.8 Å². The first-order valence-electron chi connectivity index (χ1n) is 13.5. The maximum absolute atomic E-state index is 13.1. The van der Waals surface area contributed by atoms with Gasteiger partial charge in [-0.15, -0.1) is 0 Å². The third kappa shape index (κ3) is 6.45. The van der Waals surface area contributed by atoms with E-state index < -0.39 is 48.5 Å². The lowest BCUT2D eigenvalue weighted by Crippen LogP contribution is -2.52. The highest BCUT2D eigenvalue weighted by Gasteiger charge is 2.50. The second kappa shape index (κ2) is 12.7. The lowest BCUT2D eigenvalue weighted by atomic mass is 10.0. The molecule has 1 aromatic heterocycles.